The molecule has 0 bridgehead atoms. The summed E-state index contributed by atoms with van der Waals surface area (Å²) in [7, 11) is 0. The predicted molar refractivity (Wildman–Crippen MR) is 133 cm³/mol. The van der Waals surface area contributed by atoms with E-state index in [0.29, 0.717) is 6.42 Å². The van der Waals surface area contributed by atoms with Crippen LogP contribution in [0.4, 0.5) is 4.79 Å². The highest BCUT2D eigenvalue weighted by atomic mass is 16.5. The Morgan fingerprint density at radius 3 is 2.26 bits per heavy atom. The summed E-state index contributed by atoms with van der Waals surface area (Å²) in [4.78, 5) is 37.1. The molecule has 0 aromatic heterocycles. The Balaban J connectivity index is 1.40. The number of carboxylic acids is 1. The van der Waals surface area contributed by atoms with E-state index in [9.17, 15) is 14.4 Å². The van der Waals surface area contributed by atoms with Crippen LogP contribution in [0.25, 0.3) is 11.1 Å². The number of carbonyl (C=O) groups is 3. The molecule has 2 aromatic carbocycles. The maximum absolute atomic E-state index is 13.1. The SMILES string of the molecule is CC[C@H](C)[C@H](NC(=O)OCC1c2ccccc2-c2ccccc21)C(=O)NC1CCCC1CC(=O)O. The molecule has 0 saturated heterocycles. The zero-order valence-corrected chi connectivity index (χ0v) is 20.3. The number of aliphatic carboxylic acids is 1. The van der Waals surface area contributed by atoms with E-state index in [1.807, 2.05) is 38.1 Å². The predicted octanol–water partition coefficient (Wildman–Crippen LogP) is 4.70. The van der Waals surface area contributed by atoms with Gasteiger partial charge in [-0.3, -0.25) is 9.59 Å². The third-order valence-corrected chi connectivity index (χ3v) is 7.54. The van der Waals surface area contributed by atoms with Crippen molar-refractivity contribution >= 4 is 18.0 Å². The molecule has 0 spiro atoms. The maximum Gasteiger partial charge on any atom is 0.407 e. The fraction of sp³-hybridized carbons (Fsp3) is 0.464. The second kappa shape index (κ2) is 10.9. The number of carboxylic acid groups (broad SMARTS) is 1. The van der Waals surface area contributed by atoms with Gasteiger partial charge in [-0.1, -0.05) is 75.2 Å². The monoisotopic (exact) mass is 478 g/mol. The molecule has 186 valence electrons. The molecule has 1 fully saturated rings. The van der Waals surface area contributed by atoms with Crippen LogP contribution in [-0.2, 0) is 14.3 Å². The van der Waals surface area contributed by atoms with Gasteiger partial charge in [0.2, 0.25) is 5.91 Å². The lowest BCUT2D eigenvalue weighted by Gasteiger charge is -2.27. The fourth-order valence-electron chi connectivity index (χ4n) is 5.44. The molecule has 1 saturated carbocycles. The van der Waals surface area contributed by atoms with E-state index in [1.54, 1.807) is 0 Å². The van der Waals surface area contributed by atoms with Crippen molar-refractivity contribution < 1.29 is 24.2 Å². The molecule has 2 unspecified atom stereocenters. The number of hydrogen-bond donors (Lipinski definition) is 3. The molecule has 4 rings (SSSR count). The van der Waals surface area contributed by atoms with E-state index in [4.69, 9.17) is 9.84 Å². The van der Waals surface area contributed by atoms with Crippen molar-refractivity contribution in [3.8, 4) is 11.1 Å². The number of alkyl carbamates (subject to hydrolysis) is 1. The summed E-state index contributed by atoms with van der Waals surface area (Å²) < 4.78 is 5.65. The lowest BCUT2D eigenvalue weighted by molar-refractivity contribution is -0.138. The third kappa shape index (κ3) is 5.50. The number of carbonyl (C=O) groups excluding carboxylic acids is 2. The number of rotatable bonds is 9. The summed E-state index contributed by atoms with van der Waals surface area (Å²) in [6, 6.07) is 15.3. The van der Waals surface area contributed by atoms with Crippen molar-refractivity contribution in [3.05, 3.63) is 59.7 Å². The van der Waals surface area contributed by atoms with Crippen LogP contribution in [0.1, 0.15) is 63.0 Å². The maximum atomic E-state index is 13.1. The molecule has 0 radical (unpaired) electrons. The number of ether oxygens (including phenoxy) is 1. The first-order chi connectivity index (χ1) is 16.9. The highest BCUT2D eigenvalue weighted by Gasteiger charge is 2.35. The first-order valence-electron chi connectivity index (χ1n) is 12.5. The molecule has 2 aliphatic carbocycles. The minimum atomic E-state index is -0.855. The summed E-state index contributed by atoms with van der Waals surface area (Å²) in [6.07, 6.45) is 2.54. The van der Waals surface area contributed by atoms with Crippen LogP contribution >= 0.6 is 0 Å². The first-order valence-corrected chi connectivity index (χ1v) is 12.5. The molecule has 7 heteroatoms. The van der Waals surface area contributed by atoms with Gasteiger partial charge < -0.3 is 20.5 Å². The summed E-state index contributed by atoms with van der Waals surface area (Å²) in [5.74, 6) is -1.38. The number of benzene rings is 2. The lowest BCUT2D eigenvalue weighted by atomic mass is 9.96. The van der Waals surface area contributed by atoms with Gasteiger partial charge in [-0.15, -0.1) is 0 Å². The molecule has 3 N–H and O–H groups in total. The van der Waals surface area contributed by atoms with Crippen LogP contribution in [0.15, 0.2) is 48.5 Å². The van der Waals surface area contributed by atoms with Crippen LogP contribution in [-0.4, -0.2) is 41.8 Å². The van der Waals surface area contributed by atoms with Gasteiger partial charge in [0, 0.05) is 12.0 Å². The molecule has 35 heavy (non-hydrogen) atoms. The summed E-state index contributed by atoms with van der Waals surface area (Å²) in [5.41, 5.74) is 4.56. The second-order valence-corrected chi connectivity index (χ2v) is 9.74. The Morgan fingerprint density at radius 2 is 1.66 bits per heavy atom. The second-order valence-electron chi connectivity index (χ2n) is 9.74. The van der Waals surface area contributed by atoms with Crippen molar-refractivity contribution in [3.63, 3.8) is 0 Å². The van der Waals surface area contributed by atoms with Crippen molar-refractivity contribution in [2.75, 3.05) is 6.61 Å². The quantitative estimate of drug-likeness (QED) is 0.485. The van der Waals surface area contributed by atoms with Gasteiger partial charge in [-0.05, 0) is 46.9 Å². The first kappa shape index (κ1) is 24.8. The zero-order valence-electron chi connectivity index (χ0n) is 20.3. The van der Waals surface area contributed by atoms with Crippen molar-refractivity contribution in [2.24, 2.45) is 11.8 Å². The smallest absolute Gasteiger partial charge is 0.407 e. The van der Waals surface area contributed by atoms with E-state index in [1.165, 1.54) is 0 Å². The van der Waals surface area contributed by atoms with E-state index < -0.39 is 18.1 Å². The Morgan fingerprint density at radius 1 is 1.03 bits per heavy atom. The standard InChI is InChI=1S/C28H34N2O5/c1-3-17(2)26(27(33)29-24-14-8-9-18(24)15-25(31)32)30-28(34)35-16-23-21-12-6-4-10-19(21)20-11-5-7-13-22(20)23/h4-7,10-13,17-18,23-24,26H,3,8-9,14-16H2,1-2H3,(H,29,33)(H,30,34)(H,31,32)/t17-,18?,24?,26-/m0/s1. The highest BCUT2D eigenvalue weighted by molar-refractivity contribution is 5.86. The Hall–Kier alpha value is -3.35. The van der Waals surface area contributed by atoms with E-state index in [2.05, 4.69) is 34.9 Å². The molecule has 2 aromatic rings. The molecular weight excluding hydrogens is 444 g/mol. The average Bonchev–Trinajstić information content (AvgIpc) is 3.41. The molecule has 4 atom stereocenters. The van der Waals surface area contributed by atoms with Gasteiger partial charge in [0.25, 0.3) is 0 Å². The zero-order chi connectivity index (χ0) is 24.9. The Bertz CT molecular complexity index is 1040. The van der Waals surface area contributed by atoms with Gasteiger partial charge in [0.05, 0.1) is 6.42 Å². The van der Waals surface area contributed by atoms with Crippen molar-refractivity contribution in [2.45, 2.75) is 64.0 Å². The molecule has 0 heterocycles. The highest BCUT2D eigenvalue weighted by Crippen LogP contribution is 2.44. The third-order valence-electron chi connectivity index (χ3n) is 7.54. The molecule has 2 amide bonds. The van der Waals surface area contributed by atoms with Gasteiger partial charge >= 0.3 is 12.1 Å². The lowest BCUT2D eigenvalue weighted by Crippen LogP contribution is -2.53. The normalized spacial score (nSPS) is 20.4. The van der Waals surface area contributed by atoms with Gasteiger partial charge in [0.15, 0.2) is 0 Å². The number of nitrogens with one attached hydrogen (secondary N) is 2. The molecular formula is C28H34N2O5. The number of amides is 2. The molecule has 2 aliphatic rings. The topological polar surface area (TPSA) is 105 Å². The van der Waals surface area contributed by atoms with Crippen LogP contribution in [0.2, 0.25) is 0 Å². The van der Waals surface area contributed by atoms with Crippen LogP contribution < -0.4 is 10.6 Å². The van der Waals surface area contributed by atoms with Gasteiger partial charge in [-0.25, -0.2) is 4.79 Å². The van der Waals surface area contributed by atoms with E-state index in [-0.39, 0.29) is 42.7 Å². The minimum absolute atomic E-state index is 0.0404. The Labute approximate surface area is 206 Å². The minimum Gasteiger partial charge on any atom is -0.481 e. The van der Waals surface area contributed by atoms with Gasteiger partial charge in [-0.2, -0.15) is 0 Å². The van der Waals surface area contributed by atoms with Crippen LogP contribution in [0.5, 0.6) is 0 Å². The number of fused-ring (bicyclic) bond motifs is 3. The van der Waals surface area contributed by atoms with Gasteiger partial charge in [0.1, 0.15) is 12.6 Å². The average molecular weight is 479 g/mol. The van der Waals surface area contributed by atoms with Crippen molar-refractivity contribution in [1.82, 2.24) is 10.6 Å². The summed E-state index contributed by atoms with van der Waals surface area (Å²) in [6.45, 7) is 4.06. The molecule has 7 nitrogen and oxygen atoms in total. The number of hydrogen-bond acceptors (Lipinski definition) is 4. The summed E-state index contributed by atoms with van der Waals surface area (Å²) in [5, 5.41) is 15.0. The van der Waals surface area contributed by atoms with E-state index >= 15 is 0 Å². The van der Waals surface area contributed by atoms with Crippen LogP contribution in [0, 0.1) is 11.8 Å². The van der Waals surface area contributed by atoms with E-state index in [0.717, 1.165) is 41.5 Å². The largest absolute Gasteiger partial charge is 0.481 e. The van der Waals surface area contributed by atoms with Crippen molar-refractivity contribution in [1.29, 1.82) is 0 Å². The Kier molecular flexibility index (Phi) is 7.73. The fourth-order valence-corrected chi connectivity index (χ4v) is 5.44. The van der Waals surface area contributed by atoms with Crippen LogP contribution in [0.3, 0.4) is 0 Å². The molecule has 0 aliphatic heterocycles. The summed E-state index contributed by atoms with van der Waals surface area (Å²) >= 11 is 0.